The molecule has 0 fully saturated rings. The molecule has 25 heavy (non-hydrogen) atoms. The highest BCUT2D eigenvalue weighted by Gasteiger charge is 2.35. The second-order valence-electron chi connectivity index (χ2n) is 6.98. The lowest BCUT2D eigenvalue weighted by atomic mass is 9.82. The first-order chi connectivity index (χ1) is 11.7. The van der Waals surface area contributed by atoms with Gasteiger partial charge in [0, 0.05) is 29.4 Å². The summed E-state index contributed by atoms with van der Waals surface area (Å²) in [5, 5.41) is 7.20. The van der Waals surface area contributed by atoms with E-state index in [1.54, 1.807) is 13.1 Å². The molecule has 1 amide bonds. The second-order valence-corrected chi connectivity index (χ2v) is 6.98. The number of carbonyl (C=O) groups excluding carboxylic acids is 1. The number of aryl methyl sites for hydroxylation is 2. The van der Waals surface area contributed by atoms with E-state index in [-0.39, 0.29) is 17.1 Å². The summed E-state index contributed by atoms with van der Waals surface area (Å²) < 4.78 is 13.5. The third-order valence-corrected chi connectivity index (χ3v) is 4.50. The average molecular weight is 338 g/mol. The molecule has 0 saturated heterocycles. The lowest BCUT2D eigenvalue weighted by Gasteiger charge is -2.30. The molecular weight excluding hydrogens is 319 g/mol. The Balaban J connectivity index is 2.08. The molecule has 1 aromatic heterocycles. The predicted octanol–water partition coefficient (Wildman–Crippen LogP) is 3.82. The summed E-state index contributed by atoms with van der Waals surface area (Å²) in [6.45, 7) is 15.4. The number of hydrogen-bond donors (Lipinski definition) is 1. The van der Waals surface area contributed by atoms with Crippen molar-refractivity contribution in [2.75, 3.05) is 6.54 Å². The first kappa shape index (κ1) is 16.9. The molecule has 128 valence electrons. The fourth-order valence-corrected chi connectivity index (χ4v) is 3.36. The maximum absolute atomic E-state index is 13.5. The van der Waals surface area contributed by atoms with Crippen LogP contribution in [0.5, 0.6) is 0 Å². The van der Waals surface area contributed by atoms with Crippen LogP contribution in [-0.2, 0) is 5.41 Å². The predicted molar refractivity (Wildman–Crippen MR) is 93.1 cm³/mol. The average Bonchev–Trinajstić information content (AvgIpc) is 2.90. The zero-order valence-electron chi connectivity index (χ0n) is 14.6. The number of nitrogens with zero attached hydrogens (tertiary/aromatic N) is 3. The summed E-state index contributed by atoms with van der Waals surface area (Å²) in [5.41, 5.74) is 3.16. The maximum Gasteiger partial charge on any atom is 0.256 e. The number of carbonyl (C=O) groups is 1. The molecule has 0 aliphatic carbocycles. The minimum absolute atomic E-state index is 0.260. The zero-order chi connectivity index (χ0) is 18.4. The minimum atomic E-state index is -0.389. The van der Waals surface area contributed by atoms with Gasteiger partial charge in [0.2, 0.25) is 5.70 Å². The molecule has 0 spiro atoms. The number of amides is 1. The van der Waals surface area contributed by atoms with E-state index >= 15 is 0 Å². The van der Waals surface area contributed by atoms with Gasteiger partial charge in [0.15, 0.2) is 0 Å². The summed E-state index contributed by atoms with van der Waals surface area (Å²) in [6, 6.07) is 4.30. The molecule has 0 unspecified atom stereocenters. The van der Waals surface area contributed by atoms with E-state index in [9.17, 15) is 9.18 Å². The number of rotatable bonds is 1. The van der Waals surface area contributed by atoms with Crippen molar-refractivity contribution in [3.63, 3.8) is 0 Å². The first-order valence-corrected chi connectivity index (χ1v) is 7.97. The summed E-state index contributed by atoms with van der Waals surface area (Å²) in [7, 11) is 0. The molecule has 0 atom stereocenters. The van der Waals surface area contributed by atoms with Crippen LogP contribution < -0.4 is 0 Å². The number of nitrogens with one attached hydrogen (secondary N) is 1. The van der Waals surface area contributed by atoms with Crippen LogP contribution in [-0.4, -0.2) is 27.5 Å². The number of aromatic amines is 1. The van der Waals surface area contributed by atoms with Gasteiger partial charge in [-0.3, -0.25) is 9.89 Å². The van der Waals surface area contributed by atoms with E-state index in [4.69, 9.17) is 6.57 Å². The summed E-state index contributed by atoms with van der Waals surface area (Å²) in [5.74, 6) is -0.606. The van der Waals surface area contributed by atoms with Gasteiger partial charge in [-0.25, -0.2) is 9.24 Å². The normalized spacial score (nSPS) is 15.8. The van der Waals surface area contributed by atoms with Gasteiger partial charge in [0.25, 0.3) is 5.91 Å². The SMILES string of the molecule is [C-]#[N+]C1=CN(C(=O)c2ccc(F)c(C)c2)CC(C)(C)c2c1n[nH]c2C. The molecule has 2 aromatic rings. The Morgan fingerprint density at radius 2 is 2.12 bits per heavy atom. The molecule has 2 heterocycles. The third kappa shape index (κ3) is 2.82. The first-order valence-electron chi connectivity index (χ1n) is 7.97. The number of halogens is 1. The van der Waals surface area contributed by atoms with Crippen molar-refractivity contribution in [3.05, 3.63) is 69.7 Å². The molecule has 1 aliphatic rings. The van der Waals surface area contributed by atoms with Crippen molar-refractivity contribution >= 4 is 11.6 Å². The Bertz CT molecular complexity index is 933. The van der Waals surface area contributed by atoms with Crippen LogP contribution in [0.25, 0.3) is 10.5 Å². The molecule has 1 N–H and O–H groups in total. The lowest BCUT2D eigenvalue weighted by molar-refractivity contribution is 0.0800. The Kier molecular flexibility index (Phi) is 3.96. The molecule has 0 bridgehead atoms. The minimum Gasteiger partial charge on any atom is -0.324 e. The molecule has 1 aromatic carbocycles. The van der Waals surface area contributed by atoms with E-state index in [0.29, 0.717) is 29.1 Å². The molecule has 0 radical (unpaired) electrons. The Hall–Kier alpha value is -2.94. The standard InChI is InChI=1S/C19H19FN4O/c1-11-8-13(6-7-14(11)20)18(25)24-9-15(21-5)17-16(12(2)22-23-17)19(3,4)10-24/h6-9H,10H2,1-4H3,(H,22,23). The van der Waals surface area contributed by atoms with Crippen molar-refractivity contribution in [2.45, 2.75) is 33.1 Å². The summed E-state index contributed by atoms with van der Waals surface area (Å²) in [4.78, 5) is 18.0. The summed E-state index contributed by atoms with van der Waals surface area (Å²) >= 11 is 0. The van der Waals surface area contributed by atoms with Crippen LogP contribution in [0.4, 0.5) is 4.39 Å². The third-order valence-electron chi connectivity index (χ3n) is 4.50. The van der Waals surface area contributed by atoms with Gasteiger partial charge >= 0.3 is 0 Å². The fourth-order valence-electron chi connectivity index (χ4n) is 3.36. The molecule has 0 saturated carbocycles. The second kappa shape index (κ2) is 5.85. The quantitative estimate of drug-likeness (QED) is 0.804. The van der Waals surface area contributed by atoms with Crippen molar-refractivity contribution < 1.29 is 9.18 Å². The van der Waals surface area contributed by atoms with E-state index in [1.807, 2.05) is 20.8 Å². The number of benzene rings is 1. The molecule has 5 nitrogen and oxygen atoms in total. The number of aromatic nitrogens is 2. The van der Waals surface area contributed by atoms with Crippen molar-refractivity contribution in [1.29, 1.82) is 0 Å². The van der Waals surface area contributed by atoms with Gasteiger partial charge in [-0.1, -0.05) is 13.8 Å². The van der Waals surface area contributed by atoms with Gasteiger partial charge in [0.05, 0.1) is 12.3 Å². The highest BCUT2D eigenvalue weighted by molar-refractivity contribution is 5.96. The monoisotopic (exact) mass is 338 g/mol. The Morgan fingerprint density at radius 1 is 1.40 bits per heavy atom. The van der Waals surface area contributed by atoms with Gasteiger partial charge < -0.3 is 4.90 Å². The smallest absolute Gasteiger partial charge is 0.256 e. The van der Waals surface area contributed by atoms with Gasteiger partial charge in [-0.15, -0.1) is 0 Å². The van der Waals surface area contributed by atoms with Crippen LogP contribution in [0.3, 0.4) is 0 Å². The summed E-state index contributed by atoms with van der Waals surface area (Å²) in [6.07, 6.45) is 1.54. The van der Waals surface area contributed by atoms with Crippen molar-refractivity contribution in [2.24, 2.45) is 0 Å². The highest BCUT2D eigenvalue weighted by atomic mass is 19.1. The van der Waals surface area contributed by atoms with Gasteiger partial charge in [-0.2, -0.15) is 5.10 Å². The van der Waals surface area contributed by atoms with E-state index < -0.39 is 0 Å². The zero-order valence-corrected chi connectivity index (χ0v) is 14.6. The van der Waals surface area contributed by atoms with Crippen molar-refractivity contribution in [3.8, 4) is 0 Å². The van der Waals surface area contributed by atoms with Crippen LogP contribution >= 0.6 is 0 Å². The van der Waals surface area contributed by atoms with E-state index in [0.717, 1.165) is 11.3 Å². The molecule has 6 heteroatoms. The fraction of sp³-hybridized carbons (Fsp3) is 0.316. The van der Waals surface area contributed by atoms with E-state index in [1.165, 1.54) is 23.1 Å². The largest absolute Gasteiger partial charge is 0.324 e. The highest BCUT2D eigenvalue weighted by Crippen LogP contribution is 2.36. The van der Waals surface area contributed by atoms with Gasteiger partial charge in [-0.05, 0) is 43.2 Å². The molecule has 1 aliphatic heterocycles. The number of fused-ring (bicyclic) bond motifs is 1. The Labute approximate surface area is 146 Å². The van der Waals surface area contributed by atoms with Crippen LogP contribution in [0.2, 0.25) is 0 Å². The topological polar surface area (TPSA) is 53.4 Å². The van der Waals surface area contributed by atoms with Crippen molar-refractivity contribution in [1.82, 2.24) is 15.1 Å². The van der Waals surface area contributed by atoms with Crippen LogP contribution in [0.1, 0.15) is 46.7 Å². The van der Waals surface area contributed by atoms with E-state index in [2.05, 4.69) is 15.0 Å². The number of H-pyrrole nitrogens is 1. The number of hydrogen-bond acceptors (Lipinski definition) is 2. The van der Waals surface area contributed by atoms with Crippen LogP contribution in [0.15, 0.2) is 24.4 Å². The lowest BCUT2D eigenvalue weighted by Crippen LogP contribution is -2.37. The molecule has 3 rings (SSSR count). The van der Waals surface area contributed by atoms with Gasteiger partial charge in [0.1, 0.15) is 5.82 Å². The maximum atomic E-state index is 13.5. The Morgan fingerprint density at radius 3 is 2.76 bits per heavy atom. The molecular formula is C19H19FN4O. The van der Waals surface area contributed by atoms with Crippen LogP contribution in [0, 0.1) is 26.2 Å².